The minimum Gasteiger partial charge on any atom is -0.465 e. The lowest BCUT2D eigenvalue weighted by atomic mass is 10.1. The minimum absolute atomic E-state index is 0.168. The third-order valence-electron chi connectivity index (χ3n) is 4.40. The van der Waals surface area contributed by atoms with Crippen molar-refractivity contribution < 1.29 is 17.9 Å². The van der Waals surface area contributed by atoms with Crippen LogP contribution >= 0.6 is 0 Å². The van der Waals surface area contributed by atoms with E-state index < -0.39 is 15.8 Å². The van der Waals surface area contributed by atoms with Gasteiger partial charge in [0.25, 0.3) is 0 Å². The molecule has 0 aliphatic carbocycles. The van der Waals surface area contributed by atoms with Gasteiger partial charge in [0.1, 0.15) is 0 Å². The first kappa shape index (κ1) is 21.7. The predicted octanol–water partition coefficient (Wildman–Crippen LogP) is 5.17. The van der Waals surface area contributed by atoms with Crippen molar-refractivity contribution in [2.45, 2.75) is 76.0 Å². The molecule has 0 bridgehead atoms. The molecule has 0 saturated carbocycles. The topological polar surface area (TPSA) is 60.4 Å². The quantitative estimate of drug-likeness (QED) is 0.356. The summed E-state index contributed by atoms with van der Waals surface area (Å²) >= 11 is 0. The van der Waals surface area contributed by atoms with Gasteiger partial charge >= 0.3 is 5.97 Å². The molecule has 0 saturated heterocycles. The Kier molecular flexibility index (Phi) is 10.5. The number of sulfone groups is 1. The Hall–Kier alpha value is -1.36. The highest BCUT2D eigenvalue weighted by Crippen LogP contribution is 2.16. The molecule has 0 fully saturated rings. The molecule has 0 aliphatic heterocycles. The highest BCUT2D eigenvalue weighted by atomic mass is 32.2. The van der Waals surface area contributed by atoms with Crippen molar-refractivity contribution in [1.82, 2.24) is 0 Å². The number of ether oxygens (including phenoxy) is 1. The molecule has 1 aromatic rings. The van der Waals surface area contributed by atoms with Crippen molar-refractivity contribution in [3.8, 4) is 0 Å². The summed E-state index contributed by atoms with van der Waals surface area (Å²) in [4.78, 5) is 11.6. The fraction of sp³-hybridized carbons (Fsp3) is 0.650. The van der Waals surface area contributed by atoms with Crippen LogP contribution in [0.5, 0.6) is 0 Å². The van der Waals surface area contributed by atoms with Crippen LogP contribution in [0.15, 0.2) is 29.2 Å². The second-order valence-corrected chi connectivity index (χ2v) is 8.63. The van der Waals surface area contributed by atoms with Crippen molar-refractivity contribution in [3.63, 3.8) is 0 Å². The standard InChI is InChI=1S/C20H32O4S/c1-3-4-5-6-7-8-9-10-11-12-17-25(22,23)19-15-13-18(14-16-19)20(21)24-2/h13-16H,3-12,17H2,1-2H3. The van der Waals surface area contributed by atoms with E-state index in [4.69, 9.17) is 0 Å². The Morgan fingerprint density at radius 3 is 1.80 bits per heavy atom. The normalized spacial score (nSPS) is 11.4. The second kappa shape index (κ2) is 12.1. The van der Waals surface area contributed by atoms with Gasteiger partial charge in [0.05, 0.1) is 23.3 Å². The van der Waals surface area contributed by atoms with Crippen molar-refractivity contribution in [2.24, 2.45) is 0 Å². The number of hydrogen-bond acceptors (Lipinski definition) is 4. The summed E-state index contributed by atoms with van der Waals surface area (Å²) in [5.74, 6) is -0.292. The summed E-state index contributed by atoms with van der Waals surface area (Å²) < 4.78 is 29.2. The molecule has 4 nitrogen and oxygen atoms in total. The smallest absolute Gasteiger partial charge is 0.337 e. The molecular weight excluding hydrogens is 336 g/mol. The lowest BCUT2D eigenvalue weighted by molar-refractivity contribution is 0.0600. The predicted molar refractivity (Wildman–Crippen MR) is 102 cm³/mol. The molecule has 0 aliphatic rings. The Labute approximate surface area is 152 Å². The molecule has 0 heterocycles. The van der Waals surface area contributed by atoms with E-state index in [1.54, 1.807) is 0 Å². The third kappa shape index (κ3) is 8.52. The van der Waals surface area contributed by atoms with Gasteiger partial charge in [0, 0.05) is 0 Å². The zero-order valence-electron chi connectivity index (χ0n) is 15.6. The fourth-order valence-electron chi connectivity index (χ4n) is 2.81. The first-order chi connectivity index (χ1) is 12.0. The van der Waals surface area contributed by atoms with Crippen LogP contribution < -0.4 is 0 Å². The van der Waals surface area contributed by atoms with E-state index in [1.165, 1.54) is 76.3 Å². The number of esters is 1. The maximum absolute atomic E-state index is 12.3. The minimum atomic E-state index is -3.27. The van der Waals surface area contributed by atoms with Crippen molar-refractivity contribution in [2.75, 3.05) is 12.9 Å². The molecular formula is C20H32O4S. The summed E-state index contributed by atoms with van der Waals surface area (Å²) in [5.41, 5.74) is 0.361. The monoisotopic (exact) mass is 368 g/mol. The Balaban J connectivity index is 2.24. The lowest BCUT2D eigenvalue weighted by Gasteiger charge is -2.06. The van der Waals surface area contributed by atoms with Crippen molar-refractivity contribution >= 4 is 15.8 Å². The van der Waals surface area contributed by atoms with Gasteiger partial charge < -0.3 is 4.74 Å². The highest BCUT2D eigenvalue weighted by molar-refractivity contribution is 7.91. The number of hydrogen-bond donors (Lipinski definition) is 0. The molecule has 0 unspecified atom stereocenters. The summed E-state index contributed by atoms with van der Waals surface area (Å²) in [7, 11) is -1.97. The first-order valence-electron chi connectivity index (χ1n) is 9.42. The van der Waals surface area contributed by atoms with Crippen LogP contribution in [0.2, 0.25) is 0 Å². The molecule has 0 N–H and O–H groups in total. The average Bonchev–Trinajstić information content (AvgIpc) is 2.62. The summed E-state index contributed by atoms with van der Waals surface area (Å²) in [6, 6.07) is 5.96. The van der Waals surface area contributed by atoms with Gasteiger partial charge in [0.2, 0.25) is 0 Å². The number of carbonyl (C=O) groups is 1. The van der Waals surface area contributed by atoms with Crippen LogP contribution in [0.4, 0.5) is 0 Å². The van der Waals surface area contributed by atoms with E-state index in [0.29, 0.717) is 12.0 Å². The number of benzene rings is 1. The zero-order valence-corrected chi connectivity index (χ0v) is 16.4. The summed E-state index contributed by atoms with van der Waals surface area (Å²) in [5, 5.41) is 0. The van der Waals surface area contributed by atoms with Crippen LogP contribution in [0.3, 0.4) is 0 Å². The molecule has 0 spiro atoms. The van der Waals surface area contributed by atoms with Crippen LogP contribution in [0.1, 0.15) is 81.5 Å². The number of methoxy groups -OCH3 is 1. The van der Waals surface area contributed by atoms with Gasteiger partial charge in [-0.2, -0.15) is 0 Å². The fourth-order valence-corrected chi connectivity index (χ4v) is 4.18. The van der Waals surface area contributed by atoms with E-state index in [0.717, 1.165) is 12.8 Å². The summed E-state index contributed by atoms with van der Waals surface area (Å²) in [6.07, 6.45) is 11.8. The Morgan fingerprint density at radius 2 is 1.32 bits per heavy atom. The van der Waals surface area contributed by atoms with Gasteiger partial charge in [-0.15, -0.1) is 0 Å². The van der Waals surface area contributed by atoms with Gasteiger partial charge in [-0.05, 0) is 30.7 Å². The molecule has 0 amide bonds. The Bertz CT molecular complexity index is 591. The van der Waals surface area contributed by atoms with Gasteiger partial charge in [-0.25, -0.2) is 13.2 Å². The van der Waals surface area contributed by atoms with E-state index in [2.05, 4.69) is 11.7 Å². The van der Waals surface area contributed by atoms with Gasteiger partial charge in [-0.1, -0.05) is 64.7 Å². The Morgan fingerprint density at radius 1 is 0.840 bits per heavy atom. The van der Waals surface area contributed by atoms with E-state index in [1.807, 2.05) is 0 Å². The van der Waals surface area contributed by atoms with Crippen LogP contribution in [0, 0.1) is 0 Å². The number of unbranched alkanes of at least 4 members (excludes halogenated alkanes) is 9. The molecule has 5 heteroatoms. The summed E-state index contributed by atoms with van der Waals surface area (Å²) in [6.45, 7) is 2.22. The second-order valence-electron chi connectivity index (χ2n) is 6.52. The van der Waals surface area contributed by atoms with E-state index in [9.17, 15) is 13.2 Å². The zero-order chi connectivity index (χ0) is 18.5. The van der Waals surface area contributed by atoms with Crippen molar-refractivity contribution in [1.29, 1.82) is 0 Å². The number of carbonyl (C=O) groups excluding carboxylic acids is 1. The molecule has 0 radical (unpaired) electrons. The molecule has 142 valence electrons. The van der Waals surface area contributed by atoms with Crippen molar-refractivity contribution in [3.05, 3.63) is 29.8 Å². The first-order valence-corrected chi connectivity index (χ1v) is 11.1. The molecule has 25 heavy (non-hydrogen) atoms. The third-order valence-corrected chi connectivity index (χ3v) is 6.22. The molecule has 0 atom stereocenters. The maximum Gasteiger partial charge on any atom is 0.337 e. The van der Waals surface area contributed by atoms with Gasteiger partial charge in [0.15, 0.2) is 9.84 Å². The maximum atomic E-state index is 12.3. The van der Waals surface area contributed by atoms with Crippen LogP contribution in [0.25, 0.3) is 0 Å². The van der Waals surface area contributed by atoms with Gasteiger partial charge in [-0.3, -0.25) is 0 Å². The highest BCUT2D eigenvalue weighted by Gasteiger charge is 2.15. The SMILES string of the molecule is CCCCCCCCCCCCS(=O)(=O)c1ccc(C(=O)OC)cc1. The molecule has 1 aromatic carbocycles. The molecule has 0 aromatic heterocycles. The van der Waals surface area contributed by atoms with E-state index >= 15 is 0 Å². The molecule has 1 rings (SSSR count). The van der Waals surface area contributed by atoms with E-state index in [-0.39, 0.29) is 10.6 Å². The largest absolute Gasteiger partial charge is 0.465 e. The average molecular weight is 369 g/mol. The lowest BCUT2D eigenvalue weighted by Crippen LogP contribution is -2.08. The number of rotatable bonds is 13. The van der Waals surface area contributed by atoms with Crippen LogP contribution in [-0.2, 0) is 14.6 Å². The van der Waals surface area contributed by atoms with Crippen LogP contribution in [-0.4, -0.2) is 27.2 Å².